The van der Waals surface area contributed by atoms with Crippen molar-refractivity contribution in [2.75, 3.05) is 0 Å². The highest BCUT2D eigenvalue weighted by molar-refractivity contribution is 9.10. The highest BCUT2D eigenvalue weighted by atomic mass is 79.9. The van der Waals surface area contributed by atoms with Gasteiger partial charge in [-0.05, 0) is 25.1 Å². The van der Waals surface area contributed by atoms with Crippen LogP contribution < -0.4 is 11.2 Å². The Bertz CT molecular complexity index is 1470. The maximum Gasteiger partial charge on any atom is 0.329 e. The van der Waals surface area contributed by atoms with E-state index in [1.54, 1.807) is 25.1 Å². The topological polar surface area (TPSA) is 133 Å². The molecular formula is C18H15BrClN7O3. The number of fused-ring (bicyclic) bond motifs is 2. The highest BCUT2D eigenvalue weighted by Gasteiger charge is 2.17. The van der Waals surface area contributed by atoms with Crippen molar-refractivity contribution in [3.05, 3.63) is 54.6 Å². The van der Waals surface area contributed by atoms with Gasteiger partial charge in [-0.15, -0.1) is 10.2 Å². The van der Waals surface area contributed by atoms with Crippen LogP contribution in [0.25, 0.3) is 22.1 Å². The van der Waals surface area contributed by atoms with Crippen molar-refractivity contribution in [3.8, 4) is 5.88 Å². The molecule has 0 unspecified atom stereocenters. The molecule has 0 spiro atoms. The maximum atomic E-state index is 12.4. The first kappa shape index (κ1) is 20.1. The number of aromatic nitrogens is 5. The summed E-state index contributed by atoms with van der Waals surface area (Å²) in [7, 11) is 1.49. The summed E-state index contributed by atoms with van der Waals surface area (Å²) in [6.45, 7) is 1.89. The van der Waals surface area contributed by atoms with Crippen LogP contribution in [0.4, 0.5) is 11.6 Å². The van der Waals surface area contributed by atoms with Crippen LogP contribution in [0.15, 0.2) is 53.6 Å². The van der Waals surface area contributed by atoms with Gasteiger partial charge in [0.05, 0.1) is 5.52 Å². The van der Waals surface area contributed by atoms with Crippen LogP contribution in [0.3, 0.4) is 0 Å². The molecule has 1 aromatic carbocycles. The second-order valence-electron chi connectivity index (χ2n) is 6.52. The quantitative estimate of drug-likeness (QED) is 0.372. The summed E-state index contributed by atoms with van der Waals surface area (Å²) in [5.41, 5.74) is 0.0233. The Hall–Kier alpha value is -3.18. The first-order valence-corrected chi connectivity index (χ1v) is 9.87. The third kappa shape index (κ3) is 3.46. The number of halogens is 2. The minimum atomic E-state index is -0.596. The molecule has 12 heteroatoms. The number of nitrogens with one attached hydrogen (secondary N) is 2. The number of imidazole rings is 1. The van der Waals surface area contributed by atoms with Crippen molar-refractivity contribution < 1.29 is 5.11 Å². The Balaban J connectivity index is 1.93. The van der Waals surface area contributed by atoms with Crippen LogP contribution in [0.5, 0.6) is 5.88 Å². The van der Waals surface area contributed by atoms with Gasteiger partial charge in [0.25, 0.3) is 11.5 Å². The zero-order valence-electron chi connectivity index (χ0n) is 15.8. The molecule has 0 amide bonds. The van der Waals surface area contributed by atoms with Crippen molar-refractivity contribution in [3.63, 3.8) is 0 Å². The molecule has 10 nitrogen and oxygen atoms in total. The Morgan fingerprint density at radius 3 is 2.83 bits per heavy atom. The monoisotopic (exact) mass is 491 g/mol. The standard InChI is InChI=1S/C18H15BrClN7O3/c1-8(20)5-6-27-13-14(26(2)18(30)23-16(13)29)22-17(27)25-24-12-10-7-9(19)3-4-11(10)21-15(12)28/h3-5,7,21,28H,6H2,1-2H3,(H,23,29,30). The van der Waals surface area contributed by atoms with E-state index >= 15 is 0 Å². The zero-order valence-corrected chi connectivity index (χ0v) is 18.1. The van der Waals surface area contributed by atoms with Gasteiger partial charge in [-0.3, -0.25) is 18.9 Å². The predicted octanol–water partition coefficient (Wildman–Crippen LogP) is 3.93. The van der Waals surface area contributed by atoms with E-state index in [0.717, 1.165) is 4.47 Å². The third-order valence-corrected chi connectivity index (χ3v) is 5.14. The largest absolute Gasteiger partial charge is 0.493 e. The molecule has 0 aliphatic rings. The zero-order chi connectivity index (χ0) is 21.6. The summed E-state index contributed by atoms with van der Waals surface area (Å²) < 4.78 is 3.51. The molecule has 3 aromatic heterocycles. The molecule has 0 aliphatic carbocycles. The van der Waals surface area contributed by atoms with Gasteiger partial charge in [0.2, 0.25) is 5.88 Å². The summed E-state index contributed by atoms with van der Waals surface area (Å²) in [6, 6.07) is 5.40. The van der Waals surface area contributed by atoms with Gasteiger partial charge < -0.3 is 10.1 Å². The SMILES string of the molecule is CC(Cl)=CCn1c(N=Nc2c(O)[nH]c3ccc(Br)cc23)nc2c1c(=O)[nH]c(=O)n2C. The average molecular weight is 493 g/mol. The fourth-order valence-corrected chi connectivity index (χ4v) is 3.45. The van der Waals surface area contributed by atoms with E-state index < -0.39 is 11.2 Å². The van der Waals surface area contributed by atoms with Gasteiger partial charge in [-0.1, -0.05) is 33.6 Å². The molecule has 4 aromatic rings. The molecule has 0 aliphatic heterocycles. The number of hydrogen-bond acceptors (Lipinski definition) is 6. The molecular weight excluding hydrogens is 478 g/mol. The molecule has 4 rings (SSSR count). The average Bonchev–Trinajstić information content (AvgIpc) is 3.20. The molecule has 0 saturated heterocycles. The predicted molar refractivity (Wildman–Crippen MR) is 117 cm³/mol. The van der Waals surface area contributed by atoms with Gasteiger partial charge >= 0.3 is 5.69 Å². The number of aromatic amines is 2. The van der Waals surface area contributed by atoms with E-state index in [0.29, 0.717) is 15.9 Å². The van der Waals surface area contributed by atoms with Crippen LogP contribution in [0.1, 0.15) is 6.92 Å². The van der Waals surface area contributed by atoms with Crippen molar-refractivity contribution in [2.24, 2.45) is 17.3 Å². The van der Waals surface area contributed by atoms with Crippen LogP contribution in [0.2, 0.25) is 0 Å². The molecule has 0 radical (unpaired) electrons. The van der Waals surface area contributed by atoms with Crippen molar-refractivity contribution in [2.45, 2.75) is 13.5 Å². The first-order chi connectivity index (χ1) is 14.3. The van der Waals surface area contributed by atoms with Gasteiger partial charge in [-0.25, -0.2) is 4.79 Å². The molecule has 0 saturated carbocycles. The lowest BCUT2D eigenvalue weighted by molar-refractivity contribution is 0.459. The van der Waals surface area contributed by atoms with Crippen molar-refractivity contribution >= 4 is 61.2 Å². The van der Waals surface area contributed by atoms with Crippen LogP contribution >= 0.6 is 27.5 Å². The lowest BCUT2D eigenvalue weighted by atomic mass is 10.2. The molecule has 0 bridgehead atoms. The number of allylic oxidation sites excluding steroid dienone is 2. The molecule has 154 valence electrons. The van der Waals surface area contributed by atoms with Gasteiger partial charge in [-0.2, -0.15) is 4.98 Å². The van der Waals surface area contributed by atoms with Crippen LogP contribution in [-0.4, -0.2) is 29.2 Å². The lowest BCUT2D eigenvalue weighted by Gasteiger charge is -2.02. The van der Waals surface area contributed by atoms with E-state index in [4.69, 9.17) is 11.6 Å². The lowest BCUT2D eigenvalue weighted by Crippen LogP contribution is -2.29. The van der Waals surface area contributed by atoms with Crippen molar-refractivity contribution in [1.82, 2.24) is 24.1 Å². The highest BCUT2D eigenvalue weighted by Crippen LogP contribution is 2.37. The number of aryl methyl sites for hydroxylation is 1. The molecule has 3 N–H and O–H groups in total. The Kier molecular flexibility index (Phi) is 5.08. The van der Waals surface area contributed by atoms with Crippen molar-refractivity contribution in [1.29, 1.82) is 0 Å². The molecule has 0 atom stereocenters. The normalized spacial score (nSPS) is 12.6. The first-order valence-electron chi connectivity index (χ1n) is 8.70. The number of hydrogen-bond donors (Lipinski definition) is 3. The second kappa shape index (κ2) is 7.58. The number of aromatic hydroxyl groups is 1. The second-order valence-corrected chi connectivity index (χ2v) is 8.03. The number of benzene rings is 1. The van der Waals surface area contributed by atoms with Crippen LogP contribution in [0, 0.1) is 0 Å². The van der Waals surface area contributed by atoms with E-state index in [1.807, 2.05) is 6.07 Å². The van der Waals surface area contributed by atoms with E-state index in [9.17, 15) is 14.7 Å². The van der Waals surface area contributed by atoms with E-state index in [1.165, 1.54) is 16.2 Å². The van der Waals surface area contributed by atoms with Gasteiger partial charge in [0.1, 0.15) is 0 Å². The fourth-order valence-electron chi connectivity index (χ4n) is 3.02. The third-order valence-electron chi connectivity index (χ3n) is 4.50. The number of rotatable bonds is 4. The fraction of sp³-hybridized carbons (Fsp3) is 0.167. The van der Waals surface area contributed by atoms with E-state index in [2.05, 4.69) is 41.1 Å². The Morgan fingerprint density at radius 2 is 2.10 bits per heavy atom. The van der Waals surface area contributed by atoms with E-state index in [-0.39, 0.29) is 35.2 Å². The smallest absolute Gasteiger partial charge is 0.329 e. The minimum Gasteiger partial charge on any atom is -0.493 e. The van der Waals surface area contributed by atoms with Gasteiger partial charge in [0, 0.05) is 28.5 Å². The number of nitrogens with zero attached hydrogens (tertiary/aromatic N) is 5. The Morgan fingerprint density at radius 1 is 1.33 bits per heavy atom. The molecule has 30 heavy (non-hydrogen) atoms. The summed E-state index contributed by atoms with van der Waals surface area (Å²) in [4.78, 5) is 33.7. The summed E-state index contributed by atoms with van der Waals surface area (Å²) in [6.07, 6.45) is 1.67. The Labute approximate surface area is 181 Å². The molecule has 0 fully saturated rings. The number of azo groups is 1. The van der Waals surface area contributed by atoms with Gasteiger partial charge in [0.15, 0.2) is 16.9 Å². The summed E-state index contributed by atoms with van der Waals surface area (Å²) in [5, 5.41) is 19.7. The summed E-state index contributed by atoms with van der Waals surface area (Å²) >= 11 is 9.33. The molecule has 3 heterocycles. The van der Waals surface area contributed by atoms with Crippen LogP contribution in [-0.2, 0) is 13.6 Å². The maximum absolute atomic E-state index is 12.4. The minimum absolute atomic E-state index is 0.0783. The summed E-state index contributed by atoms with van der Waals surface area (Å²) in [5.74, 6) is -0.0779. The number of H-pyrrole nitrogens is 2.